The van der Waals surface area contributed by atoms with E-state index in [0.29, 0.717) is 31.9 Å². The molecule has 0 atom stereocenters. The van der Waals surface area contributed by atoms with E-state index in [1.807, 2.05) is 0 Å². The number of hydrogen-bond acceptors (Lipinski definition) is 7. The number of nitrogens with one attached hydrogen (secondary N) is 1. The smallest absolute Gasteiger partial charge is 0.283 e. The second kappa shape index (κ2) is 8.28. The molecule has 2 aromatic carbocycles. The summed E-state index contributed by atoms with van der Waals surface area (Å²) in [6, 6.07) is 9.41. The summed E-state index contributed by atoms with van der Waals surface area (Å²) in [6.07, 6.45) is 1.36. The van der Waals surface area contributed by atoms with Gasteiger partial charge in [-0.2, -0.15) is 5.10 Å². The van der Waals surface area contributed by atoms with Crippen molar-refractivity contribution in [2.45, 2.75) is 6.92 Å². The van der Waals surface area contributed by atoms with E-state index in [1.165, 1.54) is 29.7 Å². The number of carbonyl (C=O) groups is 1. The third kappa shape index (κ3) is 4.24. The molecule has 0 aliphatic heterocycles. The lowest BCUT2D eigenvalue weighted by Gasteiger charge is -2.05. The fourth-order valence-electron chi connectivity index (χ4n) is 2.40. The lowest BCUT2D eigenvalue weighted by atomic mass is 10.2. The van der Waals surface area contributed by atoms with Crippen LogP contribution in [0.25, 0.3) is 10.6 Å². The molecule has 1 heterocycles. The van der Waals surface area contributed by atoms with Crippen LogP contribution in [0.4, 0.5) is 0 Å². The van der Waals surface area contributed by atoms with Gasteiger partial charge in [0.05, 0.1) is 24.6 Å². The van der Waals surface area contributed by atoms with Gasteiger partial charge in [0.25, 0.3) is 5.91 Å². The van der Waals surface area contributed by atoms with Crippen LogP contribution in [-0.2, 0) is 0 Å². The molecule has 0 spiro atoms. The van der Waals surface area contributed by atoms with Crippen LogP contribution in [0.1, 0.15) is 20.9 Å². The first-order valence-corrected chi connectivity index (χ1v) is 9.25. The van der Waals surface area contributed by atoms with E-state index < -0.39 is 5.91 Å². The van der Waals surface area contributed by atoms with E-state index in [9.17, 15) is 15.0 Å². The summed E-state index contributed by atoms with van der Waals surface area (Å²) in [5.41, 5.74) is 4.25. The quantitative estimate of drug-likeness (QED) is 0.331. The van der Waals surface area contributed by atoms with Crippen LogP contribution in [-0.4, -0.2) is 34.4 Å². The highest BCUT2D eigenvalue weighted by Gasteiger charge is 2.18. The van der Waals surface area contributed by atoms with Gasteiger partial charge in [0.1, 0.15) is 15.6 Å². The minimum atomic E-state index is -0.409. The predicted octanol–water partition coefficient (Wildman–Crippen LogP) is 3.96. The van der Waals surface area contributed by atoms with Crippen LogP contribution < -0.4 is 10.2 Å². The number of phenolic OH excluding ortho intramolecular Hbond substituents is 2. The van der Waals surface area contributed by atoms with Gasteiger partial charge in [-0.3, -0.25) is 4.79 Å². The number of halogens is 1. The molecule has 9 heteroatoms. The molecular formula is C19H16ClN3O4S. The number of rotatable bonds is 5. The Morgan fingerprint density at radius 2 is 2.04 bits per heavy atom. The Kier molecular flexibility index (Phi) is 5.81. The number of hydrogen-bond donors (Lipinski definition) is 3. The van der Waals surface area contributed by atoms with Crippen LogP contribution in [0.3, 0.4) is 0 Å². The van der Waals surface area contributed by atoms with Crippen molar-refractivity contribution in [3.63, 3.8) is 0 Å². The molecule has 1 amide bonds. The highest BCUT2D eigenvalue weighted by Crippen LogP contribution is 2.36. The Bertz CT molecular complexity index is 1070. The minimum Gasteiger partial charge on any atom is -0.504 e. The van der Waals surface area contributed by atoms with Crippen molar-refractivity contribution in [2.75, 3.05) is 7.11 Å². The molecule has 0 unspecified atom stereocenters. The highest BCUT2D eigenvalue weighted by molar-refractivity contribution is 7.17. The topological polar surface area (TPSA) is 104 Å². The average Bonchev–Trinajstić information content (AvgIpc) is 3.06. The Morgan fingerprint density at radius 3 is 2.75 bits per heavy atom. The first-order valence-electron chi connectivity index (χ1n) is 8.05. The first kappa shape index (κ1) is 19.7. The number of ether oxygens (including phenoxy) is 1. The minimum absolute atomic E-state index is 0.230. The van der Waals surface area contributed by atoms with Crippen LogP contribution in [0.2, 0.25) is 5.02 Å². The summed E-state index contributed by atoms with van der Waals surface area (Å²) in [7, 11) is 1.54. The molecule has 0 saturated heterocycles. The van der Waals surface area contributed by atoms with E-state index in [-0.39, 0.29) is 11.5 Å². The van der Waals surface area contributed by atoms with Crippen LogP contribution in [0, 0.1) is 6.92 Å². The van der Waals surface area contributed by atoms with Gasteiger partial charge in [-0.05, 0) is 48.9 Å². The molecule has 0 aliphatic rings. The maximum Gasteiger partial charge on any atom is 0.283 e. The van der Waals surface area contributed by atoms with Crippen LogP contribution in [0.15, 0.2) is 41.5 Å². The van der Waals surface area contributed by atoms with E-state index in [2.05, 4.69) is 15.5 Å². The third-order valence-electron chi connectivity index (χ3n) is 3.78. The van der Waals surface area contributed by atoms with Gasteiger partial charge in [-0.15, -0.1) is 11.3 Å². The van der Waals surface area contributed by atoms with Gasteiger partial charge < -0.3 is 14.9 Å². The molecule has 144 valence electrons. The number of hydrazone groups is 1. The van der Waals surface area contributed by atoms with Crippen molar-refractivity contribution in [2.24, 2.45) is 5.10 Å². The highest BCUT2D eigenvalue weighted by atomic mass is 35.5. The van der Waals surface area contributed by atoms with Crippen molar-refractivity contribution in [1.29, 1.82) is 0 Å². The van der Waals surface area contributed by atoms with Crippen molar-refractivity contribution < 1.29 is 19.7 Å². The second-order valence-electron chi connectivity index (χ2n) is 5.73. The fraction of sp³-hybridized carbons (Fsp3) is 0.105. The molecule has 3 aromatic rings. The molecule has 0 radical (unpaired) electrons. The van der Waals surface area contributed by atoms with Gasteiger partial charge in [-0.25, -0.2) is 10.4 Å². The number of phenols is 2. The number of benzene rings is 2. The largest absolute Gasteiger partial charge is 0.504 e. The molecule has 0 bridgehead atoms. The summed E-state index contributed by atoms with van der Waals surface area (Å²) in [5, 5.41) is 23.8. The maximum absolute atomic E-state index is 12.4. The van der Waals surface area contributed by atoms with Gasteiger partial charge in [-0.1, -0.05) is 11.6 Å². The van der Waals surface area contributed by atoms with E-state index >= 15 is 0 Å². The van der Waals surface area contributed by atoms with Gasteiger partial charge in [0.2, 0.25) is 0 Å². The molecule has 0 saturated carbocycles. The molecule has 3 rings (SSSR count). The average molecular weight is 418 g/mol. The summed E-state index contributed by atoms with van der Waals surface area (Å²) in [5.74, 6) is -0.339. The number of amides is 1. The SMILES string of the molecule is COc1cc(Cl)ccc1-c1nc(C)c(C(=O)N/N=C/c2ccc(O)c(O)c2)s1. The number of thiazole rings is 1. The van der Waals surface area contributed by atoms with Crippen molar-refractivity contribution >= 4 is 35.1 Å². The fourth-order valence-corrected chi connectivity index (χ4v) is 3.55. The van der Waals surface area contributed by atoms with Gasteiger partial charge >= 0.3 is 0 Å². The zero-order valence-corrected chi connectivity index (χ0v) is 16.5. The van der Waals surface area contributed by atoms with Crippen LogP contribution in [0.5, 0.6) is 17.2 Å². The van der Waals surface area contributed by atoms with Crippen molar-refractivity contribution in [3.05, 3.63) is 57.6 Å². The summed E-state index contributed by atoms with van der Waals surface area (Å²) in [6.45, 7) is 1.74. The monoisotopic (exact) mass is 417 g/mol. The second-order valence-corrected chi connectivity index (χ2v) is 7.16. The summed E-state index contributed by atoms with van der Waals surface area (Å²) >= 11 is 7.20. The van der Waals surface area contributed by atoms with Gasteiger partial charge in [0, 0.05) is 5.02 Å². The number of methoxy groups -OCH3 is 1. The standard InChI is InChI=1S/C19H16ClN3O4S/c1-10-17(18(26)23-21-9-11-3-6-14(24)15(25)7-11)28-19(22-10)13-5-4-12(20)8-16(13)27-2/h3-9,24-25H,1-2H3,(H,23,26)/b21-9+. The van der Waals surface area contributed by atoms with E-state index in [0.717, 1.165) is 5.56 Å². The molecule has 0 aliphatic carbocycles. The van der Waals surface area contributed by atoms with E-state index in [4.69, 9.17) is 16.3 Å². The molecule has 3 N–H and O–H groups in total. The first-order chi connectivity index (χ1) is 13.4. The summed E-state index contributed by atoms with van der Waals surface area (Å²) < 4.78 is 5.34. The van der Waals surface area contributed by atoms with Crippen molar-refractivity contribution in [1.82, 2.24) is 10.4 Å². The van der Waals surface area contributed by atoms with E-state index in [1.54, 1.807) is 38.3 Å². The molecular weight excluding hydrogens is 402 g/mol. The number of aryl methyl sites for hydroxylation is 1. The Labute approximate surface area is 169 Å². The number of aromatic nitrogens is 1. The Hall–Kier alpha value is -3.10. The summed E-state index contributed by atoms with van der Waals surface area (Å²) in [4.78, 5) is 17.3. The maximum atomic E-state index is 12.4. The molecule has 1 aromatic heterocycles. The third-order valence-corrected chi connectivity index (χ3v) is 5.20. The molecule has 28 heavy (non-hydrogen) atoms. The zero-order chi connectivity index (χ0) is 20.3. The number of carbonyl (C=O) groups excluding carboxylic acids is 1. The molecule has 7 nitrogen and oxygen atoms in total. The van der Waals surface area contributed by atoms with Crippen LogP contribution >= 0.6 is 22.9 Å². The lowest BCUT2D eigenvalue weighted by Crippen LogP contribution is -2.17. The Morgan fingerprint density at radius 1 is 1.25 bits per heavy atom. The zero-order valence-electron chi connectivity index (χ0n) is 14.9. The van der Waals surface area contributed by atoms with Crippen molar-refractivity contribution in [3.8, 4) is 27.8 Å². The number of nitrogens with zero attached hydrogens (tertiary/aromatic N) is 2. The molecule has 0 fully saturated rings. The number of aromatic hydroxyl groups is 2. The predicted molar refractivity (Wildman–Crippen MR) is 109 cm³/mol. The Balaban J connectivity index is 1.78. The normalized spacial score (nSPS) is 11.0. The lowest BCUT2D eigenvalue weighted by molar-refractivity contribution is 0.0958. The van der Waals surface area contributed by atoms with Gasteiger partial charge in [0.15, 0.2) is 11.5 Å².